The van der Waals surface area contributed by atoms with E-state index in [1.165, 1.54) is 0 Å². The highest BCUT2D eigenvalue weighted by atomic mass is 79.9. The number of aromatic nitrogens is 1. The summed E-state index contributed by atoms with van der Waals surface area (Å²) in [5.41, 5.74) is 6.69. The van der Waals surface area contributed by atoms with Gasteiger partial charge < -0.3 is 15.2 Å². The second-order valence-corrected chi connectivity index (χ2v) is 4.49. The van der Waals surface area contributed by atoms with Gasteiger partial charge in [-0.3, -0.25) is 0 Å². The molecule has 0 aliphatic carbocycles. The van der Waals surface area contributed by atoms with Crippen LogP contribution in [0.2, 0.25) is 0 Å². The van der Waals surface area contributed by atoms with Crippen LogP contribution in [0, 0.1) is 0 Å². The minimum atomic E-state index is 0.386. The molecule has 94 valence electrons. The lowest BCUT2D eigenvalue weighted by atomic mass is 10.2. The Bertz CT molecular complexity index is 546. The van der Waals surface area contributed by atoms with Gasteiger partial charge in [-0.2, -0.15) is 0 Å². The second-order valence-electron chi connectivity index (χ2n) is 3.63. The molecular formula is C13H13BrN2O2. The number of nitrogens with two attached hydrogens (primary N) is 1. The van der Waals surface area contributed by atoms with E-state index in [0.29, 0.717) is 18.2 Å². The molecule has 18 heavy (non-hydrogen) atoms. The zero-order valence-electron chi connectivity index (χ0n) is 9.89. The van der Waals surface area contributed by atoms with Crippen LogP contribution in [0.1, 0.15) is 5.56 Å². The summed E-state index contributed by atoms with van der Waals surface area (Å²) in [6.07, 6.45) is 1.63. The molecule has 0 unspecified atom stereocenters. The third-order valence-electron chi connectivity index (χ3n) is 2.44. The van der Waals surface area contributed by atoms with Crippen LogP contribution in [-0.4, -0.2) is 12.1 Å². The SMILES string of the molecule is COc1ccc(Br)c(COc2cccnc2N)c1. The summed E-state index contributed by atoms with van der Waals surface area (Å²) in [6, 6.07) is 9.29. The average molecular weight is 309 g/mol. The Balaban J connectivity index is 2.13. The molecule has 4 nitrogen and oxygen atoms in total. The number of anilines is 1. The summed E-state index contributed by atoms with van der Waals surface area (Å²) in [5.74, 6) is 1.75. The van der Waals surface area contributed by atoms with Crippen LogP contribution in [0.3, 0.4) is 0 Å². The summed E-state index contributed by atoms with van der Waals surface area (Å²) in [5, 5.41) is 0. The van der Waals surface area contributed by atoms with Crippen molar-refractivity contribution in [1.82, 2.24) is 4.98 Å². The van der Waals surface area contributed by atoms with E-state index in [2.05, 4.69) is 20.9 Å². The highest BCUT2D eigenvalue weighted by molar-refractivity contribution is 9.10. The predicted molar refractivity (Wildman–Crippen MR) is 73.7 cm³/mol. The van der Waals surface area contributed by atoms with E-state index in [0.717, 1.165) is 15.8 Å². The molecule has 0 aliphatic heterocycles. The van der Waals surface area contributed by atoms with Gasteiger partial charge in [0.2, 0.25) is 0 Å². The number of methoxy groups -OCH3 is 1. The summed E-state index contributed by atoms with van der Waals surface area (Å²) in [6.45, 7) is 0.397. The van der Waals surface area contributed by atoms with Gasteiger partial charge in [-0.25, -0.2) is 4.98 Å². The van der Waals surface area contributed by atoms with Crippen molar-refractivity contribution in [3.05, 3.63) is 46.6 Å². The van der Waals surface area contributed by atoms with Gasteiger partial charge in [-0.05, 0) is 30.3 Å². The highest BCUT2D eigenvalue weighted by Crippen LogP contribution is 2.25. The Morgan fingerprint density at radius 3 is 2.89 bits per heavy atom. The molecule has 1 aromatic carbocycles. The monoisotopic (exact) mass is 308 g/mol. The molecule has 2 aromatic rings. The van der Waals surface area contributed by atoms with Crippen molar-refractivity contribution in [2.75, 3.05) is 12.8 Å². The molecule has 0 saturated heterocycles. The van der Waals surface area contributed by atoms with Crippen LogP contribution in [0.5, 0.6) is 11.5 Å². The number of hydrogen-bond donors (Lipinski definition) is 1. The molecule has 0 fully saturated rings. The Morgan fingerprint density at radius 2 is 2.17 bits per heavy atom. The van der Waals surface area contributed by atoms with Crippen LogP contribution in [0.4, 0.5) is 5.82 Å². The predicted octanol–water partition coefficient (Wildman–Crippen LogP) is 3.01. The lowest BCUT2D eigenvalue weighted by Crippen LogP contribution is -2.01. The lowest BCUT2D eigenvalue weighted by molar-refractivity contribution is 0.305. The maximum atomic E-state index is 5.71. The molecule has 2 rings (SSSR count). The van der Waals surface area contributed by atoms with Crippen LogP contribution in [-0.2, 0) is 6.61 Å². The Morgan fingerprint density at radius 1 is 1.33 bits per heavy atom. The van der Waals surface area contributed by atoms with Crippen molar-refractivity contribution in [2.45, 2.75) is 6.61 Å². The van der Waals surface area contributed by atoms with Crippen LogP contribution in [0.15, 0.2) is 41.0 Å². The van der Waals surface area contributed by atoms with Gasteiger partial charge in [-0.15, -0.1) is 0 Å². The standard InChI is InChI=1S/C13H13BrN2O2/c1-17-10-4-5-11(14)9(7-10)8-18-12-3-2-6-16-13(12)15/h2-7H,8H2,1H3,(H2,15,16). The van der Waals surface area contributed by atoms with Gasteiger partial charge in [0.05, 0.1) is 7.11 Å². The van der Waals surface area contributed by atoms with E-state index in [4.69, 9.17) is 15.2 Å². The smallest absolute Gasteiger partial charge is 0.166 e. The summed E-state index contributed by atoms with van der Waals surface area (Å²) < 4.78 is 11.8. The first-order chi connectivity index (χ1) is 8.70. The molecule has 0 atom stereocenters. The Kier molecular flexibility index (Phi) is 4.04. The number of benzene rings is 1. The number of nitrogen functional groups attached to an aromatic ring is 1. The van der Waals surface area contributed by atoms with Crippen molar-refractivity contribution in [3.8, 4) is 11.5 Å². The Hall–Kier alpha value is -1.75. The van der Waals surface area contributed by atoms with Crippen molar-refractivity contribution < 1.29 is 9.47 Å². The molecule has 0 radical (unpaired) electrons. The van der Waals surface area contributed by atoms with Crippen molar-refractivity contribution in [1.29, 1.82) is 0 Å². The molecule has 1 aromatic heterocycles. The van der Waals surface area contributed by atoms with E-state index in [9.17, 15) is 0 Å². The number of halogens is 1. The zero-order chi connectivity index (χ0) is 13.0. The number of nitrogens with zero attached hydrogens (tertiary/aromatic N) is 1. The fraction of sp³-hybridized carbons (Fsp3) is 0.154. The van der Waals surface area contributed by atoms with Crippen LogP contribution in [0.25, 0.3) is 0 Å². The topological polar surface area (TPSA) is 57.4 Å². The fourth-order valence-electron chi connectivity index (χ4n) is 1.47. The maximum Gasteiger partial charge on any atom is 0.166 e. The van der Waals surface area contributed by atoms with Gasteiger partial charge in [0, 0.05) is 16.2 Å². The third kappa shape index (κ3) is 2.92. The van der Waals surface area contributed by atoms with Crippen molar-refractivity contribution >= 4 is 21.7 Å². The molecule has 1 heterocycles. The maximum absolute atomic E-state index is 5.71. The first-order valence-corrected chi connectivity index (χ1v) is 6.15. The van der Waals surface area contributed by atoms with Gasteiger partial charge in [0.15, 0.2) is 11.6 Å². The first-order valence-electron chi connectivity index (χ1n) is 5.36. The van der Waals surface area contributed by atoms with Crippen LogP contribution >= 0.6 is 15.9 Å². The molecule has 0 amide bonds. The van der Waals surface area contributed by atoms with Gasteiger partial charge >= 0.3 is 0 Å². The molecule has 5 heteroatoms. The summed E-state index contributed by atoms with van der Waals surface area (Å²) in [7, 11) is 1.63. The van der Waals surface area contributed by atoms with E-state index in [1.807, 2.05) is 18.2 Å². The molecule has 2 N–H and O–H groups in total. The van der Waals surface area contributed by atoms with Gasteiger partial charge in [-0.1, -0.05) is 15.9 Å². The van der Waals surface area contributed by atoms with E-state index >= 15 is 0 Å². The molecule has 0 saturated carbocycles. The lowest BCUT2D eigenvalue weighted by Gasteiger charge is -2.10. The zero-order valence-corrected chi connectivity index (χ0v) is 11.5. The van der Waals surface area contributed by atoms with Crippen LogP contribution < -0.4 is 15.2 Å². The van der Waals surface area contributed by atoms with Crippen molar-refractivity contribution in [3.63, 3.8) is 0 Å². The molecule has 0 bridgehead atoms. The van der Waals surface area contributed by atoms with E-state index < -0.39 is 0 Å². The average Bonchev–Trinajstić information content (AvgIpc) is 2.39. The second kappa shape index (κ2) is 5.73. The quantitative estimate of drug-likeness (QED) is 0.943. The molecule has 0 aliphatic rings. The highest BCUT2D eigenvalue weighted by Gasteiger charge is 2.05. The van der Waals surface area contributed by atoms with Gasteiger partial charge in [0.25, 0.3) is 0 Å². The van der Waals surface area contributed by atoms with Gasteiger partial charge in [0.1, 0.15) is 12.4 Å². The minimum Gasteiger partial charge on any atom is -0.497 e. The first kappa shape index (κ1) is 12.7. The normalized spacial score (nSPS) is 10.1. The van der Waals surface area contributed by atoms with Crippen molar-refractivity contribution in [2.24, 2.45) is 0 Å². The minimum absolute atomic E-state index is 0.386. The number of ether oxygens (including phenoxy) is 2. The number of pyridine rings is 1. The number of rotatable bonds is 4. The fourth-order valence-corrected chi connectivity index (χ4v) is 1.83. The summed E-state index contributed by atoms with van der Waals surface area (Å²) in [4.78, 5) is 3.96. The Labute approximate surface area is 114 Å². The van der Waals surface area contributed by atoms with E-state index in [-0.39, 0.29) is 0 Å². The third-order valence-corrected chi connectivity index (χ3v) is 3.21. The van der Waals surface area contributed by atoms with E-state index in [1.54, 1.807) is 25.4 Å². The molecular weight excluding hydrogens is 296 g/mol. The molecule has 0 spiro atoms. The number of hydrogen-bond acceptors (Lipinski definition) is 4. The summed E-state index contributed by atoms with van der Waals surface area (Å²) >= 11 is 3.47. The largest absolute Gasteiger partial charge is 0.497 e.